The third kappa shape index (κ3) is 4.36. The summed E-state index contributed by atoms with van der Waals surface area (Å²) in [5.41, 5.74) is 1.24. The second-order valence-electron chi connectivity index (χ2n) is 4.62. The molecule has 0 saturated heterocycles. The van der Waals surface area contributed by atoms with Crippen LogP contribution in [0.4, 0.5) is 0 Å². The van der Waals surface area contributed by atoms with Gasteiger partial charge < -0.3 is 5.32 Å². The van der Waals surface area contributed by atoms with Gasteiger partial charge in [0.15, 0.2) is 0 Å². The molecule has 1 rings (SSSR count). The Hall–Kier alpha value is -0.180. The summed E-state index contributed by atoms with van der Waals surface area (Å²) in [7, 11) is 0. The molecule has 0 aliphatic rings. The highest BCUT2D eigenvalue weighted by Crippen LogP contribution is 2.22. The molecule has 0 aromatic heterocycles. The average molecular weight is 258 g/mol. The lowest BCUT2D eigenvalue weighted by atomic mass is 10.1. The van der Waals surface area contributed by atoms with Crippen molar-refractivity contribution < 1.29 is 0 Å². The van der Waals surface area contributed by atoms with E-state index in [2.05, 4.69) is 38.4 Å². The first kappa shape index (κ1) is 13.9. The van der Waals surface area contributed by atoms with Crippen LogP contribution >= 0.6 is 23.4 Å². The minimum atomic E-state index is 0.271. The lowest BCUT2D eigenvalue weighted by Gasteiger charge is -2.25. The molecule has 0 saturated carbocycles. The molecule has 0 amide bonds. The lowest BCUT2D eigenvalue weighted by Crippen LogP contribution is -2.33. The van der Waals surface area contributed by atoms with Gasteiger partial charge in [-0.05, 0) is 44.7 Å². The molecular weight excluding hydrogens is 238 g/mol. The van der Waals surface area contributed by atoms with E-state index in [-0.39, 0.29) is 4.75 Å². The molecule has 1 aromatic rings. The zero-order valence-corrected chi connectivity index (χ0v) is 12.0. The second-order valence-corrected chi connectivity index (χ2v) is 6.57. The highest BCUT2D eigenvalue weighted by Gasteiger charge is 2.17. The van der Waals surface area contributed by atoms with Crippen molar-refractivity contribution in [2.75, 3.05) is 12.8 Å². The summed E-state index contributed by atoms with van der Waals surface area (Å²) in [4.78, 5) is 0. The van der Waals surface area contributed by atoms with Crippen molar-refractivity contribution in [2.24, 2.45) is 0 Å². The first-order valence-corrected chi connectivity index (χ1v) is 7.09. The molecule has 0 bridgehead atoms. The van der Waals surface area contributed by atoms with Gasteiger partial charge in [-0.15, -0.1) is 0 Å². The number of halogens is 1. The molecule has 1 aromatic carbocycles. The van der Waals surface area contributed by atoms with Gasteiger partial charge in [-0.2, -0.15) is 11.8 Å². The van der Waals surface area contributed by atoms with Gasteiger partial charge in [-0.25, -0.2) is 0 Å². The summed E-state index contributed by atoms with van der Waals surface area (Å²) in [6.45, 7) is 7.65. The minimum absolute atomic E-state index is 0.271. The number of rotatable bonds is 5. The number of hydrogen-bond acceptors (Lipinski definition) is 2. The fraction of sp³-hybridized carbons (Fsp3) is 0.538. The minimum Gasteiger partial charge on any atom is -0.309 e. The molecule has 0 aliphatic heterocycles. The lowest BCUT2D eigenvalue weighted by molar-refractivity contribution is 0.522. The van der Waals surface area contributed by atoms with Crippen LogP contribution in [-0.4, -0.2) is 17.5 Å². The molecule has 3 heteroatoms. The Morgan fingerprint density at radius 1 is 1.44 bits per heavy atom. The van der Waals surface area contributed by atoms with Gasteiger partial charge in [0.2, 0.25) is 0 Å². The SMILES string of the molecule is CSC(C)(C)CNC(C)c1cccc(Cl)c1. The number of thioether (sulfide) groups is 1. The summed E-state index contributed by atoms with van der Waals surface area (Å²) >= 11 is 7.85. The average Bonchev–Trinajstić information content (AvgIpc) is 2.26. The smallest absolute Gasteiger partial charge is 0.0409 e. The van der Waals surface area contributed by atoms with E-state index in [1.165, 1.54) is 5.56 Å². The molecule has 0 heterocycles. The second kappa shape index (κ2) is 5.95. The van der Waals surface area contributed by atoms with Crippen molar-refractivity contribution in [3.05, 3.63) is 34.9 Å². The highest BCUT2D eigenvalue weighted by molar-refractivity contribution is 7.99. The van der Waals surface area contributed by atoms with Crippen molar-refractivity contribution in [3.8, 4) is 0 Å². The Balaban J connectivity index is 2.56. The topological polar surface area (TPSA) is 12.0 Å². The molecule has 0 spiro atoms. The quantitative estimate of drug-likeness (QED) is 0.851. The van der Waals surface area contributed by atoms with E-state index in [1.807, 2.05) is 30.0 Å². The maximum absolute atomic E-state index is 5.97. The predicted molar refractivity (Wildman–Crippen MR) is 75.5 cm³/mol. The fourth-order valence-electron chi connectivity index (χ4n) is 1.36. The van der Waals surface area contributed by atoms with Gasteiger partial charge in [0.05, 0.1) is 0 Å². The van der Waals surface area contributed by atoms with Gasteiger partial charge in [0.1, 0.15) is 0 Å². The van der Waals surface area contributed by atoms with Crippen LogP contribution in [0.5, 0.6) is 0 Å². The molecule has 0 radical (unpaired) electrons. The van der Waals surface area contributed by atoms with Crippen molar-refractivity contribution in [2.45, 2.75) is 31.6 Å². The van der Waals surface area contributed by atoms with Crippen molar-refractivity contribution in [3.63, 3.8) is 0 Å². The van der Waals surface area contributed by atoms with Crippen LogP contribution in [0.25, 0.3) is 0 Å². The van der Waals surface area contributed by atoms with E-state index in [4.69, 9.17) is 11.6 Å². The third-order valence-electron chi connectivity index (χ3n) is 2.74. The van der Waals surface area contributed by atoms with E-state index >= 15 is 0 Å². The Kier molecular flexibility index (Phi) is 5.16. The van der Waals surface area contributed by atoms with Gasteiger partial charge in [-0.3, -0.25) is 0 Å². The van der Waals surface area contributed by atoms with Crippen LogP contribution < -0.4 is 5.32 Å². The summed E-state index contributed by atoms with van der Waals surface area (Å²) < 4.78 is 0.271. The number of hydrogen-bond donors (Lipinski definition) is 1. The van der Waals surface area contributed by atoms with Crippen LogP contribution in [0.2, 0.25) is 5.02 Å². The van der Waals surface area contributed by atoms with Crippen LogP contribution in [0.15, 0.2) is 24.3 Å². The summed E-state index contributed by atoms with van der Waals surface area (Å²) in [5.74, 6) is 0. The first-order chi connectivity index (χ1) is 7.44. The van der Waals surface area contributed by atoms with Gasteiger partial charge in [0.25, 0.3) is 0 Å². The van der Waals surface area contributed by atoms with Crippen molar-refractivity contribution in [1.29, 1.82) is 0 Å². The summed E-state index contributed by atoms with van der Waals surface area (Å²) in [6, 6.07) is 8.37. The normalized spacial score (nSPS) is 13.8. The Morgan fingerprint density at radius 2 is 2.12 bits per heavy atom. The molecule has 16 heavy (non-hydrogen) atoms. The maximum atomic E-state index is 5.97. The Bertz CT molecular complexity index is 338. The largest absolute Gasteiger partial charge is 0.309 e. The van der Waals surface area contributed by atoms with Crippen LogP contribution in [0, 0.1) is 0 Å². The molecule has 1 N–H and O–H groups in total. The zero-order valence-electron chi connectivity index (χ0n) is 10.4. The Morgan fingerprint density at radius 3 is 2.69 bits per heavy atom. The van der Waals surface area contributed by atoms with E-state index < -0.39 is 0 Å². The molecule has 1 atom stereocenters. The molecule has 1 unspecified atom stereocenters. The molecular formula is C13H20ClNS. The van der Waals surface area contributed by atoms with Crippen LogP contribution in [-0.2, 0) is 0 Å². The number of nitrogens with one attached hydrogen (secondary N) is 1. The van der Waals surface area contributed by atoms with E-state index in [9.17, 15) is 0 Å². The third-order valence-corrected chi connectivity index (χ3v) is 4.22. The molecule has 90 valence electrons. The van der Waals surface area contributed by atoms with Crippen LogP contribution in [0.1, 0.15) is 32.4 Å². The van der Waals surface area contributed by atoms with E-state index in [0.717, 1.165) is 11.6 Å². The van der Waals surface area contributed by atoms with Crippen molar-refractivity contribution in [1.82, 2.24) is 5.32 Å². The van der Waals surface area contributed by atoms with Crippen molar-refractivity contribution >= 4 is 23.4 Å². The maximum Gasteiger partial charge on any atom is 0.0409 e. The monoisotopic (exact) mass is 257 g/mol. The summed E-state index contributed by atoms with van der Waals surface area (Å²) in [6.07, 6.45) is 2.14. The Labute approximate surface area is 108 Å². The predicted octanol–water partition coefficient (Wildman–Crippen LogP) is 4.13. The number of benzene rings is 1. The van der Waals surface area contributed by atoms with E-state index in [0.29, 0.717) is 6.04 Å². The molecule has 1 nitrogen and oxygen atoms in total. The standard InChI is InChI=1S/C13H20ClNS/c1-10(15-9-13(2,3)16-4)11-6-5-7-12(14)8-11/h5-8,10,15H,9H2,1-4H3. The zero-order chi connectivity index (χ0) is 12.2. The van der Waals surface area contributed by atoms with Crippen LogP contribution in [0.3, 0.4) is 0 Å². The van der Waals surface area contributed by atoms with E-state index in [1.54, 1.807) is 0 Å². The fourth-order valence-corrected chi connectivity index (χ4v) is 1.79. The van der Waals surface area contributed by atoms with Gasteiger partial charge in [0, 0.05) is 22.4 Å². The highest BCUT2D eigenvalue weighted by atomic mass is 35.5. The van der Waals surface area contributed by atoms with Gasteiger partial charge >= 0.3 is 0 Å². The first-order valence-electron chi connectivity index (χ1n) is 5.48. The molecule has 0 aliphatic carbocycles. The molecule has 0 fully saturated rings. The summed E-state index contributed by atoms with van der Waals surface area (Å²) in [5, 5.41) is 4.34. The van der Waals surface area contributed by atoms with Gasteiger partial charge in [-0.1, -0.05) is 23.7 Å².